The third kappa shape index (κ3) is 4.83. The van der Waals surface area contributed by atoms with Crippen LogP contribution in [0.15, 0.2) is 58.5 Å². The van der Waals surface area contributed by atoms with E-state index in [9.17, 15) is 14.4 Å². The predicted molar refractivity (Wildman–Crippen MR) is 112 cm³/mol. The number of amides is 2. The number of fused-ring (bicyclic) bond motifs is 1. The van der Waals surface area contributed by atoms with Gasteiger partial charge in [-0.05, 0) is 42.8 Å². The number of ether oxygens (including phenoxy) is 1. The molecule has 0 unspecified atom stereocenters. The van der Waals surface area contributed by atoms with E-state index in [2.05, 4.69) is 10.3 Å². The maximum atomic E-state index is 12.7. The summed E-state index contributed by atoms with van der Waals surface area (Å²) in [5.74, 6) is -0.354. The van der Waals surface area contributed by atoms with Gasteiger partial charge in [-0.25, -0.2) is 4.98 Å². The SMILES string of the molecule is CCCn1c(SCC(=O)NC(=O)c2ccc(OC)cc2)nc2ccccc2c1=O. The molecule has 0 radical (unpaired) electrons. The number of benzene rings is 2. The molecule has 0 fully saturated rings. The van der Waals surface area contributed by atoms with Gasteiger partial charge in [0.05, 0.1) is 23.8 Å². The second kappa shape index (κ2) is 9.38. The van der Waals surface area contributed by atoms with Crippen molar-refractivity contribution in [2.24, 2.45) is 0 Å². The summed E-state index contributed by atoms with van der Waals surface area (Å²) in [7, 11) is 1.54. The lowest BCUT2D eigenvalue weighted by Crippen LogP contribution is -2.32. The monoisotopic (exact) mass is 411 g/mol. The van der Waals surface area contributed by atoms with Crippen LogP contribution in [0.1, 0.15) is 23.7 Å². The number of nitrogens with zero attached hydrogens (tertiary/aromatic N) is 2. The van der Waals surface area contributed by atoms with E-state index >= 15 is 0 Å². The summed E-state index contributed by atoms with van der Waals surface area (Å²) >= 11 is 1.13. The quantitative estimate of drug-likeness (QED) is 0.475. The van der Waals surface area contributed by atoms with Crippen molar-refractivity contribution in [1.82, 2.24) is 14.9 Å². The van der Waals surface area contributed by atoms with Gasteiger partial charge < -0.3 is 4.74 Å². The largest absolute Gasteiger partial charge is 0.497 e. The first-order valence-corrected chi connectivity index (χ1v) is 10.1. The minimum absolute atomic E-state index is 0.0314. The van der Waals surface area contributed by atoms with E-state index in [0.29, 0.717) is 33.9 Å². The smallest absolute Gasteiger partial charge is 0.262 e. The molecule has 2 aromatic carbocycles. The van der Waals surface area contributed by atoms with E-state index in [0.717, 1.165) is 18.2 Å². The Morgan fingerprint density at radius 3 is 2.55 bits per heavy atom. The number of nitrogens with one attached hydrogen (secondary N) is 1. The number of imide groups is 1. The van der Waals surface area contributed by atoms with Crippen LogP contribution in [0.2, 0.25) is 0 Å². The van der Waals surface area contributed by atoms with Crippen molar-refractivity contribution in [3.05, 3.63) is 64.4 Å². The third-order valence-electron chi connectivity index (χ3n) is 4.21. The zero-order valence-electron chi connectivity index (χ0n) is 16.2. The minimum Gasteiger partial charge on any atom is -0.497 e. The van der Waals surface area contributed by atoms with Crippen LogP contribution < -0.4 is 15.6 Å². The Morgan fingerprint density at radius 2 is 1.86 bits per heavy atom. The van der Waals surface area contributed by atoms with Gasteiger partial charge in [-0.1, -0.05) is 30.8 Å². The van der Waals surface area contributed by atoms with Crippen LogP contribution in [0, 0.1) is 0 Å². The summed E-state index contributed by atoms with van der Waals surface area (Å²) in [6.45, 7) is 2.47. The maximum absolute atomic E-state index is 12.7. The summed E-state index contributed by atoms with van der Waals surface area (Å²) in [6.07, 6.45) is 0.760. The molecule has 0 aliphatic heterocycles. The molecule has 3 rings (SSSR count). The molecule has 0 aliphatic rings. The van der Waals surface area contributed by atoms with Crippen LogP contribution in [-0.2, 0) is 11.3 Å². The van der Waals surface area contributed by atoms with Crippen molar-refractivity contribution in [3.63, 3.8) is 0 Å². The van der Waals surface area contributed by atoms with Gasteiger partial charge >= 0.3 is 0 Å². The van der Waals surface area contributed by atoms with Crippen LogP contribution in [0.5, 0.6) is 5.75 Å². The van der Waals surface area contributed by atoms with Gasteiger partial charge in [0.15, 0.2) is 5.16 Å². The highest BCUT2D eigenvalue weighted by atomic mass is 32.2. The fraction of sp³-hybridized carbons (Fsp3) is 0.238. The van der Waals surface area contributed by atoms with Crippen LogP contribution in [-0.4, -0.2) is 34.2 Å². The molecule has 1 aromatic heterocycles. The molecular formula is C21H21N3O4S. The highest BCUT2D eigenvalue weighted by molar-refractivity contribution is 7.99. The predicted octanol–water partition coefficient (Wildman–Crippen LogP) is 2.86. The fourth-order valence-corrected chi connectivity index (χ4v) is 3.61. The molecule has 0 bridgehead atoms. The molecule has 150 valence electrons. The average Bonchev–Trinajstić information content (AvgIpc) is 2.74. The van der Waals surface area contributed by atoms with Gasteiger partial charge in [0, 0.05) is 12.1 Å². The number of hydrogen-bond donors (Lipinski definition) is 1. The normalized spacial score (nSPS) is 10.7. The van der Waals surface area contributed by atoms with Gasteiger partial charge in [0.1, 0.15) is 5.75 Å². The Kier molecular flexibility index (Phi) is 6.66. The summed E-state index contributed by atoms with van der Waals surface area (Å²) in [5, 5.41) is 3.36. The topological polar surface area (TPSA) is 90.3 Å². The molecule has 29 heavy (non-hydrogen) atoms. The van der Waals surface area contributed by atoms with E-state index in [1.807, 2.05) is 13.0 Å². The number of para-hydroxylation sites is 1. The zero-order chi connectivity index (χ0) is 20.8. The Morgan fingerprint density at radius 1 is 1.14 bits per heavy atom. The Hall–Kier alpha value is -3.13. The third-order valence-corrected chi connectivity index (χ3v) is 5.19. The minimum atomic E-state index is -0.490. The summed E-state index contributed by atoms with van der Waals surface area (Å²) < 4.78 is 6.63. The molecule has 1 heterocycles. The second-order valence-corrected chi connectivity index (χ2v) is 7.21. The van der Waals surface area contributed by atoms with Gasteiger partial charge in [0.2, 0.25) is 5.91 Å². The van der Waals surface area contributed by atoms with Crippen molar-refractivity contribution >= 4 is 34.5 Å². The van der Waals surface area contributed by atoms with Crippen LogP contribution >= 0.6 is 11.8 Å². The van der Waals surface area contributed by atoms with Gasteiger partial charge in [-0.15, -0.1) is 0 Å². The van der Waals surface area contributed by atoms with Crippen LogP contribution in [0.4, 0.5) is 0 Å². The Labute approximate surface area is 172 Å². The lowest BCUT2D eigenvalue weighted by molar-refractivity contribution is -0.117. The summed E-state index contributed by atoms with van der Waals surface area (Å²) in [5.41, 5.74) is 0.813. The van der Waals surface area contributed by atoms with E-state index in [4.69, 9.17) is 4.74 Å². The molecular weight excluding hydrogens is 390 g/mol. The lowest BCUT2D eigenvalue weighted by Gasteiger charge is -2.12. The fourth-order valence-electron chi connectivity index (χ4n) is 2.79. The summed E-state index contributed by atoms with van der Waals surface area (Å²) in [6, 6.07) is 13.6. The van der Waals surface area contributed by atoms with Crippen molar-refractivity contribution in [3.8, 4) is 5.75 Å². The highest BCUT2D eigenvalue weighted by Gasteiger charge is 2.15. The van der Waals surface area contributed by atoms with Crippen LogP contribution in [0.25, 0.3) is 10.9 Å². The molecule has 0 saturated heterocycles. The molecule has 0 saturated carbocycles. The highest BCUT2D eigenvalue weighted by Crippen LogP contribution is 2.18. The number of thioether (sulfide) groups is 1. The first-order valence-electron chi connectivity index (χ1n) is 9.14. The molecule has 0 aliphatic carbocycles. The molecule has 1 N–H and O–H groups in total. The van der Waals surface area contributed by atoms with E-state index in [1.54, 1.807) is 47.0 Å². The molecule has 2 amide bonds. The number of methoxy groups -OCH3 is 1. The van der Waals surface area contributed by atoms with Gasteiger partial charge in [-0.3, -0.25) is 24.3 Å². The van der Waals surface area contributed by atoms with E-state index < -0.39 is 11.8 Å². The molecule has 8 heteroatoms. The first kappa shape index (κ1) is 20.6. The average molecular weight is 411 g/mol. The number of carbonyl (C=O) groups excluding carboxylic acids is 2. The molecule has 0 spiro atoms. The maximum Gasteiger partial charge on any atom is 0.262 e. The first-order chi connectivity index (χ1) is 14.0. The van der Waals surface area contributed by atoms with Crippen LogP contribution in [0.3, 0.4) is 0 Å². The van der Waals surface area contributed by atoms with Gasteiger partial charge in [-0.2, -0.15) is 0 Å². The number of aromatic nitrogens is 2. The molecule has 7 nitrogen and oxygen atoms in total. The lowest BCUT2D eigenvalue weighted by atomic mass is 10.2. The second-order valence-electron chi connectivity index (χ2n) is 6.26. The number of carbonyl (C=O) groups is 2. The van der Waals surface area contributed by atoms with Crippen molar-refractivity contribution in [1.29, 1.82) is 0 Å². The zero-order valence-corrected chi connectivity index (χ0v) is 17.0. The standard InChI is InChI=1S/C21H21N3O4S/c1-3-12-24-20(27)16-6-4-5-7-17(16)22-21(24)29-13-18(25)23-19(26)14-8-10-15(28-2)11-9-14/h4-11H,3,12-13H2,1-2H3,(H,23,25,26). The van der Waals surface area contributed by atoms with E-state index in [-0.39, 0.29) is 11.3 Å². The molecule has 0 atom stereocenters. The number of rotatable bonds is 7. The number of hydrogen-bond acceptors (Lipinski definition) is 6. The Bertz CT molecular complexity index is 1090. The van der Waals surface area contributed by atoms with Crippen molar-refractivity contribution in [2.75, 3.05) is 12.9 Å². The Balaban J connectivity index is 1.72. The summed E-state index contributed by atoms with van der Waals surface area (Å²) in [4.78, 5) is 41.7. The van der Waals surface area contributed by atoms with Crippen molar-refractivity contribution < 1.29 is 14.3 Å². The van der Waals surface area contributed by atoms with Crippen molar-refractivity contribution in [2.45, 2.75) is 25.0 Å². The van der Waals surface area contributed by atoms with E-state index in [1.165, 1.54) is 7.11 Å². The molecule has 3 aromatic rings. The van der Waals surface area contributed by atoms with Gasteiger partial charge in [0.25, 0.3) is 11.5 Å².